The lowest BCUT2D eigenvalue weighted by atomic mass is 9.87. The first kappa shape index (κ1) is 11.9. The second kappa shape index (κ2) is 4.01. The third kappa shape index (κ3) is 1.96. The van der Waals surface area contributed by atoms with E-state index in [1.165, 1.54) is 0 Å². The molecule has 0 spiro atoms. The maximum Gasteiger partial charge on any atom is 0.229 e. The second-order valence-electron chi connectivity index (χ2n) is 5.78. The van der Waals surface area contributed by atoms with Crippen LogP contribution < -0.4 is 0 Å². The summed E-state index contributed by atoms with van der Waals surface area (Å²) in [4.78, 5) is 14.3. The molecule has 2 aliphatic rings. The van der Waals surface area contributed by atoms with Gasteiger partial charge in [0.15, 0.2) is 0 Å². The van der Waals surface area contributed by atoms with Crippen LogP contribution in [0.5, 0.6) is 0 Å². The van der Waals surface area contributed by atoms with E-state index in [1.54, 1.807) is 0 Å². The fourth-order valence-corrected chi connectivity index (χ4v) is 2.97. The molecule has 0 aromatic rings. The fraction of sp³-hybridized carbons (Fsp3) is 0.923. The van der Waals surface area contributed by atoms with Crippen molar-refractivity contribution < 1.29 is 9.18 Å². The number of hydrogen-bond donors (Lipinski definition) is 0. The molecule has 1 saturated heterocycles. The zero-order chi connectivity index (χ0) is 11.9. The van der Waals surface area contributed by atoms with Crippen molar-refractivity contribution in [1.29, 1.82) is 0 Å². The summed E-state index contributed by atoms with van der Waals surface area (Å²) in [6.07, 6.45) is 3.28. The predicted octanol–water partition coefficient (Wildman–Crippen LogP) is 2.77. The maximum absolute atomic E-state index is 14.2. The summed E-state index contributed by atoms with van der Waals surface area (Å²) < 4.78 is 14.2. The van der Waals surface area contributed by atoms with Crippen LogP contribution >= 0.6 is 0 Å². The Hall–Kier alpha value is -0.600. The van der Waals surface area contributed by atoms with Crippen LogP contribution in [-0.4, -0.2) is 29.1 Å². The van der Waals surface area contributed by atoms with Gasteiger partial charge in [-0.3, -0.25) is 4.79 Å². The number of nitrogens with zero attached hydrogens (tertiary/aromatic N) is 1. The minimum absolute atomic E-state index is 0.0556. The number of amides is 1. The molecule has 1 aliphatic heterocycles. The molecule has 0 aromatic carbocycles. The molecule has 2 atom stereocenters. The molecule has 0 N–H and O–H groups in total. The van der Waals surface area contributed by atoms with Crippen molar-refractivity contribution >= 4 is 5.91 Å². The number of likely N-dealkylation sites (tertiary alicyclic amines) is 1. The predicted molar refractivity (Wildman–Crippen MR) is 61.8 cm³/mol. The van der Waals surface area contributed by atoms with E-state index in [9.17, 15) is 9.18 Å². The monoisotopic (exact) mass is 227 g/mol. The van der Waals surface area contributed by atoms with E-state index in [4.69, 9.17) is 0 Å². The molecular formula is C13H22FNO. The Morgan fingerprint density at radius 3 is 2.44 bits per heavy atom. The van der Waals surface area contributed by atoms with Crippen molar-refractivity contribution in [2.45, 2.75) is 58.2 Å². The van der Waals surface area contributed by atoms with Crippen LogP contribution in [-0.2, 0) is 4.79 Å². The van der Waals surface area contributed by atoms with Crippen LogP contribution in [0.15, 0.2) is 0 Å². The van der Waals surface area contributed by atoms with Crippen LogP contribution in [0.2, 0.25) is 0 Å². The van der Waals surface area contributed by atoms with Crippen molar-refractivity contribution in [2.24, 2.45) is 11.8 Å². The van der Waals surface area contributed by atoms with Gasteiger partial charge < -0.3 is 4.90 Å². The third-order valence-electron chi connectivity index (χ3n) is 4.05. The van der Waals surface area contributed by atoms with Gasteiger partial charge in [0.05, 0.1) is 5.92 Å². The summed E-state index contributed by atoms with van der Waals surface area (Å²) in [6, 6.07) is 0.302. The first-order valence-corrected chi connectivity index (χ1v) is 6.45. The number of carbonyl (C=O) groups is 1. The average Bonchev–Trinajstić information content (AvgIpc) is 2.76. The molecular weight excluding hydrogens is 205 g/mol. The zero-order valence-electron chi connectivity index (χ0n) is 10.5. The molecule has 2 unspecified atom stereocenters. The van der Waals surface area contributed by atoms with Gasteiger partial charge in [-0.15, -0.1) is 0 Å². The molecule has 92 valence electrons. The molecule has 2 rings (SSSR count). The Kier molecular flexibility index (Phi) is 2.97. The minimum Gasteiger partial charge on any atom is -0.340 e. The SMILES string of the molecule is CC(C)C(C(=O)N1CCCC1C)C1(F)CC1. The van der Waals surface area contributed by atoms with Gasteiger partial charge in [0, 0.05) is 12.6 Å². The van der Waals surface area contributed by atoms with Gasteiger partial charge >= 0.3 is 0 Å². The summed E-state index contributed by atoms with van der Waals surface area (Å²) in [7, 11) is 0. The summed E-state index contributed by atoms with van der Waals surface area (Å²) >= 11 is 0. The quantitative estimate of drug-likeness (QED) is 0.726. The molecule has 0 bridgehead atoms. The van der Waals surface area contributed by atoms with Crippen molar-refractivity contribution in [2.75, 3.05) is 6.54 Å². The van der Waals surface area contributed by atoms with E-state index in [0.717, 1.165) is 19.4 Å². The van der Waals surface area contributed by atoms with Gasteiger partial charge in [0.1, 0.15) is 5.67 Å². The number of carbonyl (C=O) groups excluding carboxylic acids is 1. The smallest absolute Gasteiger partial charge is 0.229 e. The highest BCUT2D eigenvalue weighted by atomic mass is 19.1. The molecule has 1 amide bonds. The highest BCUT2D eigenvalue weighted by Gasteiger charge is 2.55. The average molecular weight is 227 g/mol. The summed E-state index contributed by atoms with van der Waals surface area (Å²) in [6.45, 7) is 6.81. The van der Waals surface area contributed by atoms with E-state index in [2.05, 4.69) is 6.92 Å². The first-order valence-electron chi connectivity index (χ1n) is 6.45. The van der Waals surface area contributed by atoms with Gasteiger partial charge in [-0.25, -0.2) is 4.39 Å². The minimum atomic E-state index is -1.19. The van der Waals surface area contributed by atoms with Gasteiger partial charge in [-0.05, 0) is 38.5 Å². The standard InChI is InChI=1S/C13H22FNO/c1-9(2)11(13(14)6-7-13)12(16)15-8-4-5-10(15)3/h9-11H,4-8H2,1-3H3. The molecule has 2 nitrogen and oxygen atoms in total. The highest BCUT2D eigenvalue weighted by Crippen LogP contribution is 2.50. The molecule has 2 fully saturated rings. The van der Waals surface area contributed by atoms with Crippen LogP contribution in [0.4, 0.5) is 4.39 Å². The number of rotatable bonds is 3. The van der Waals surface area contributed by atoms with Crippen LogP contribution in [0.3, 0.4) is 0 Å². The normalized spacial score (nSPS) is 29.6. The molecule has 0 radical (unpaired) electrons. The maximum atomic E-state index is 14.2. The largest absolute Gasteiger partial charge is 0.340 e. The van der Waals surface area contributed by atoms with E-state index >= 15 is 0 Å². The van der Waals surface area contributed by atoms with Gasteiger partial charge in [-0.2, -0.15) is 0 Å². The fourth-order valence-electron chi connectivity index (χ4n) is 2.97. The summed E-state index contributed by atoms with van der Waals surface area (Å²) in [5.74, 6) is -0.249. The Morgan fingerprint density at radius 1 is 1.44 bits per heavy atom. The Labute approximate surface area is 97.2 Å². The lowest BCUT2D eigenvalue weighted by Crippen LogP contribution is -2.44. The lowest BCUT2D eigenvalue weighted by molar-refractivity contribution is -0.140. The molecule has 3 heteroatoms. The topological polar surface area (TPSA) is 20.3 Å². The van der Waals surface area contributed by atoms with Crippen molar-refractivity contribution in [3.63, 3.8) is 0 Å². The second-order valence-corrected chi connectivity index (χ2v) is 5.78. The number of hydrogen-bond acceptors (Lipinski definition) is 1. The van der Waals surface area contributed by atoms with Gasteiger partial charge in [0.25, 0.3) is 0 Å². The number of alkyl halides is 1. The molecule has 1 saturated carbocycles. The summed E-state index contributed by atoms with van der Waals surface area (Å²) in [5.41, 5.74) is -1.19. The van der Waals surface area contributed by atoms with E-state index in [0.29, 0.717) is 18.9 Å². The zero-order valence-corrected chi connectivity index (χ0v) is 10.5. The summed E-state index contributed by atoms with van der Waals surface area (Å²) in [5, 5.41) is 0. The number of halogens is 1. The molecule has 1 aliphatic carbocycles. The third-order valence-corrected chi connectivity index (χ3v) is 4.05. The van der Waals surface area contributed by atoms with Gasteiger partial charge in [0.2, 0.25) is 5.91 Å². The van der Waals surface area contributed by atoms with E-state index < -0.39 is 11.6 Å². The van der Waals surface area contributed by atoms with E-state index in [-0.39, 0.29) is 11.8 Å². The van der Waals surface area contributed by atoms with Crippen molar-refractivity contribution in [1.82, 2.24) is 4.90 Å². The lowest BCUT2D eigenvalue weighted by Gasteiger charge is -2.31. The van der Waals surface area contributed by atoms with Crippen molar-refractivity contribution in [3.05, 3.63) is 0 Å². The van der Waals surface area contributed by atoms with Crippen molar-refractivity contribution in [3.8, 4) is 0 Å². The van der Waals surface area contributed by atoms with Crippen LogP contribution in [0.1, 0.15) is 46.5 Å². The van der Waals surface area contributed by atoms with Gasteiger partial charge in [-0.1, -0.05) is 13.8 Å². The first-order chi connectivity index (χ1) is 7.46. The molecule has 1 heterocycles. The Morgan fingerprint density at radius 2 is 2.06 bits per heavy atom. The van der Waals surface area contributed by atoms with Crippen LogP contribution in [0.25, 0.3) is 0 Å². The van der Waals surface area contributed by atoms with Crippen LogP contribution in [0, 0.1) is 11.8 Å². The highest BCUT2D eigenvalue weighted by molar-refractivity contribution is 5.81. The van der Waals surface area contributed by atoms with E-state index in [1.807, 2.05) is 18.7 Å². The molecule has 16 heavy (non-hydrogen) atoms. The Balaban J connectivity index is 2.11. The molecule has 0 aromatic heterocycles. The Bertz CT molecular complexity index is 286.